The second-order valence-corrected chi connectivity index (χ2v) is 4.60. The Labute approximate surface area is 85.2 Å². The molecule has 2 N–H and O–H groups in total. The first-order valence-corrected chi connectivity index (χ1v) is 5.85. The molecule has 2 rings (SSSR count). The molecule has 0 aliphatic carbocycles. The number of nitrogen functional groups attached to an aromatic ring is 1. The number of fused-ring (bicyclic) bond motifs is 1. The van der Waals surface area contributed by atoms with E-state index in [0.717, 1.165) is 21.4 Å². The molecule has 0 aromatic heterocycles. The molecule has 2 aromatic carbocycles. The smallest absolute Gasteiger partial charge is 0.0498 e. The van der Waals surface area contributed by atoms with E-state index in [1.165, 1.54) is 0 Å². The second-order valence-electron chi connectivity index (χ2n) is 3.22. The van der Waals surface area contributed by atoms with Crippen molar-refractivity contribution < 1.29 is 4.21 Å². The van der Waals surface area contributed by atoms with Crippen LogP contribution in [0.3, 0.4) is 0 Å². The van der Waals surface area contributed by atoms with E-state index >= 15 is 0 Å². The Morgan fingerprint density at radius 2 is 1.79 bits per heavy atom. The van der Waals surface area contributed by atoms with Gasteiger partial charge in [-0.25, -0.2) is 0 Å². The van der Waals surface area contributed by atoms with Crippen molar-refractivity contribution in [3.63, 3.8) is 0 Å². The summed E-state index contributed by atoms with van der Waals surface area (Å²) in [7, 11) is -0.932. The lowest BCUT2D eigenvalue weighted by Gasteiger charge is -2.01. The summed E-state index contributed by atoms with van der Waals surface area (Å²) in [5.41, 5.74) is 6.41. The average molecular weight is 205 g/mol. The second kappa shape index (κ2) is 3.42. The van der Waals surface area contributed by atoms with Crippen molar-refractivity contribution in [3.05, 3.63) is 36.4 Å². The summed E-state index contributed by atoms with van der Waals surface area (Å²) >= 11 is 0. The molecule has 0 heterocycles. The molecule has 2 aromatic rings. The molecule has 0 fully saturated rings. The first kappa shape index (κ1) is 9.21. The van der Waals surface area contributed by atoms with Crippen LogP contribution < -0.4 is 5.73 Å². The number of benzene rings is 2. The molecule has 1 atom stereocenters. The molecule has 0 saturated heterocycles. The Morgan fingerprint density at radius 3 is 2.50 bits per heavy atom. The molecule has 1 unspecified atom stereocenters. The lowest BCUT2D eigenvalue weighted by molar-refractivity contribution is 0.687. The number of nitrogens with two attached hydrogens (primary N) is 1. The van der Waals surface area contributed by atoms with Crippen LogP contribution in [0.5, 0.6) is 0 Å². The van der Waals surface area contributed by atoms with Gasteiger partial charge in [-0.1, -0.05) is 12.1 Å². The molecule has 0 radical (unpaired) electrons. The van der Waals surface area contributed by atoms with Crippen LogP contribution in [0, 0.1) is 0 Å². The monoisotopic (exact) mass is 205 g/mol. The summed E-state index contributed by atoms with van der Waals surface area (Å²) < 4.78 is 11.3. The summed E-state index contributed by atoms with van der Waals surface area (Å²) in [5.74, 6) is 0. The fourth-order valence-electron chi connectivity index (χ4n) is 1.42. The summed E-state index contributed by atoms with van der Waals surface area (Å²) in [6.45, 7) is 0. The van der Waals surface area contributed by atoms with Gasteiger partial charge in [0.15, 0.2) is 0 Å². The van der Waals surface area contributed by atoms with Crippen molar-refractivity contribution >= 4 is 27.3 Å². The number of anilines is 1. The molecule has 72 valence electrons. The van der Waals surface area contributed by atoms with E-state index in [9.17, 15) is 4.21 Å². The predicted octanol–water partition coefficient (Wildman–Crippen LogP) is 2.16. The zero-order valence-electron chi connectivity index (χ0n) is 7.86. The van der Waals surface area contributed by atoms with Crippen LogP contribution in [0.2, 0.25) is 0 Å². The molecular weight excluding hydrogens is 194 g/mol. The standard InChI is InChI=1S/C11H11NOS/c1-14(13)11-5-3-8-2-4-10(12)6-9(8)7-11/h2-7H,12H2,1H3. The first-order valence-electron chi connectivity index (χ1n) is 4.29. The van der Waals surface area contributed by atoms with Gasteiger partial charge in [-0.3, -0.25) is 4.21 Å². The van der Waals surface area contributed by atoms with Gasteiger partial charge in [-0.15, -0.1) is 0 Å². The Balaban J connectivity index is 2.69. The Bertz CT molecular complexity index is 508. The normalized spacial score (nSPS) is 12.9. The van der Waals surface area contributed by atoms with Gasteiger partial charge in [-0.2, -0.15) is 0 Å². The molecule has 0 bridgehead atoms. The van der Waals surface area contributed by atoms with Gasteiger partial charge in [0.25, 0.3) is 0 Å². The lowest BCUT2D eigenvalue weighted by atomic mass is 10.1. The van der Waals surface area contributed by atoms with Crippen molar-refractivity contribution in [1.82, 2.24) is 0 Å². The quantitative estimate of drug-likeness (QED) is 0.725. The summed E-state index contributed by atoms with van der Waals surface area (Å²) in [6.07, 6.45) is 1.67. The zero-order valence-corrected chi connectivity index (χ0v) is 8.67. The van der Waals surface area contributed by atoms with Gasteiger partial charge in [0.05, 0.1) is 0 Å². The molecular formula is C11H11NOS. The molecule has 0 aliphatic rings. The Morgan fingerprint density at radius 1 is 1.07 bits per heavy atom. The van der Waals surface area contributed by atoms with Gasteiger partial charge in [0.2, 0.25) is 0 Å². The fourth-order valence-corrected chi connectivity index (χ4v) is 1.97. The SMILES string of the molecule is CS(=O)c1ccc2ccc(N)cc2c1. The minimum absolute atomic E-state index is 0.733. The topological polar surface area (TPSA) is 43.1 Å². The molecule has 0 spiro atoms. The zero-order chi connectivity index (χ0) is 10.1. The van der Waals surface area contributed by atoms with Crippen LogP contribution in [0.15, 0.2) is 41.3 Å². The van der Waals surface area contributed by atoms with Gasteiger partial charge < -0.3 is 5.73 Å². The molecule has 0 saturated carbocycles. The van der Waals surface area contributed by atoms with E-state index in [2.05, 4.69) is 0 Å². The summed E-state index contributed by atoms with van der Waals surface area (Å²) in [5, 5.41) is 2.16. The molecule has 0 amide bonds. The van der Waals surface area contributed by atoms with E-state index in [0.29, 0.717) is 0 Å². The van der Waals surface area contributed by atoms with Gasteiger partial charge in [0.1, 0.15) is 0 Å². The number of rotatable bonds is 1. The van der Waals surface area contributed by atoms with Crippen molar-refractivity contribution in [2.75, 3.05) is 12.0 Å². The van der Waals surface area contributed by atoms with Gasteiger partial charge in [0, 0.05) is 27.6 Å². The molecule has 0 aliphatic heterocycles. The van der Waals surface area contributed by atoms with Crippen molar-refractivity contribution in [1.29, 1.82) is 0 Å². The van der Waals surface area contributed by atoms with Gasteiger partial charge in [-0.05, 0) is 35.0 Å². The maximum Gasteiger partial charge on any atom is 0.0498 e. The van der Waals surface area contributed by atoms with Crippen LogP contribution in [0.4, 0.5) is 5.69 Å². The third-order valence-corrected chi connectivity index (χ3v) is 3.09. The van der Waals surface area contributed by atoms with Crippen molar-refractivity contribution in [2.24, 2.45) is 0 Å². The molecule has 2 nitrogen and oxygen atoms in total. The highest BCUT2D eigenvalue weighted by Gasteiger charge is 1.99. The van der Waals surface area contributed by atoms with E-state index < -0.39 is 10.8 Å². The highest BCUT2D eigenvalue weighted by molar-refractivity contribution is 7.84. The third-order valence-electron chi connectivity index (χ3n) is 2.17. The molecule has 3 heteroatoms. The van der Waals surface area contributed by atoms with Crippen LogP contribution in [0.25, 0.3) is 10.8 Å². The van der Waals surface area contributed by atoms with E-state index in [-0.39, 0.29) is 0 Å². The molecule has 14 heavy (non-hydrogen) atoms. The van der Waals surface area contributed by atoms with Gasteiger partial charge >= 0.3 is 0 Å². The average Bonchev–Trinajstić information content (AvgIpc) is 2.16. The summed E-state index contributed by atoms with van der Waals surface area (Å²) in [4.78, 5) is 0.836. The third kappa shape index (κ3) is 1.63. The van der Waals surface area contributed by atoms with E-state index in [1.54, 1.807) is 6.26 Å². The minimum Gasteiger partial charge on any atom is -0.399 e. The largest absolute Gasteiger partial charge is 0.399 e. The van der Waals surface area contributed by atoms with Crippen LogP contribution >= 0.6 is 0 Å². The maximum atomic E-state index is 11.3. The van der Waals surface area contributed by atoms with Crippen molar-refractivity contribution in [3.8, 4) is 0 Å². The van der Waals surface area contributed by atoms with Crippen molar-refractivity contribution in [2.45, 2.75) is 4.90 Å². The van der Waals surface area contributed by atoms with E-state index in [4.69, 9.17) is 5.73 Å². The van der Waals surface area contributed by atoms with Crippen LogP contribution in [-0.4, -0.2) is 10.5 Å². The highest BCUT2D eigenvalue weighted by Crippen LogP contribution is 2.20. The number of hydrogen-bond donors (Lipinski definition) is 1. The lowest BCUT2D eigenvalue weighted by Crippen LogP contribution is -1.88. The predicted molar refractivity (Wildman–Crippen MR) is 60.7 cm³/mol. The maximum absolute atomic E-state index is 11.3. The number of hydrogen-bond acceptors (Lipinski definition) is 2. The minimum atomic E-state index is -0.932. The highest BCUT2D eigenvalue weighted by atomic mass is 32.2. The fraction of sp³-hybridized carbons (Fsp3) is 0.0909. The Hall–Kier alpha value is -1.35. The Kier molecular flexibility index (Phi) is 2.25. The van der Waals surface area contributed by atoms with Crippen LogP contribution in [-0.2, 0) is 10.8 Å². The first-order chi connectivity index (χ1) is 6.66. The van der Waals surface area contributed by atoms with E-state index in [1.807, 2.05) is 36.4 Å². The summed E-state index contributed by atoms with van der Waals surface area (Å²) in [6, 6.07) is 11.5. The van der Waals surface area contributed by atoms with Crippen LogP contribution in [0.1, 0.15) is 0 Å².